The fourth-order valence-corrected chi connectivity index (χ4v) is 2.41. The van der Waals surface area contributed by atoms with Crippen molar-refractivity contribution < 1.29 is 18.7 Å². The fraction of sp³-hybridized carbons (Fsp3) is 0.235. The van der Waals surface area contributed by atoms with Crippen LogP contribution < -0.4 is 14.8 Å². The van der Waals surface area contributed by atoms with Crippen LogP contribution in [-0.4, -0.2) is 20.1 Å². The number of carbonyl (C=O) groups excluding carboxylic acids is 1. The number of carbonyl (C=O) groups is 1. The van der Waals surface area contributed by atoms with E-state index in [9.17, 15) is 9.18 Å². The van der Waals surface area contributed by atoms with Crippen LogP contribution in [0.4, 0.5) is 4.39 Å². The molecule has 4 nitrogen and oxygen atoms in total. The molecule has 0 saturated heterocycles. The lowest BCUT2D eigenvalue weighted by Crippen LogP contribution is -2.27. The molecule has 6 heteroatoms. The largest absolute Gasteiger partial charge is 0.493 e. The molecule has 0 heterocycles. The highest BCUT2D eigenvalue weighted by molar-refractivity contribution is 6.33. The van der Waals surface area contributed by atoms with Gasteiger partial charge in [0.05, 0.1) is 30.8 Å². The van der Waals surface area contributed by atoms with Crippen LogP contribution in [0.3, 0.4) is 0 Å². The average Bonchev–Trinajstić information content (AvgIpc) is 2.53. The van der Waals surface area contributed by atoms with E-state index in [1.807, 2.05) is 13.0 Å². The summed E-state index contributed by atoms with van der Waals surface area (Å²) in [6.07, 6.45) is 0. The molecule has 0 unspecified atom stereocenters. The van der Waals surface area contributed by atoms with Crippen molar-refractivity contribution in [1.82, 2.24) is 5.32 Å². The number of hydrogen-bond acceptors (Lipinski definition) is 3. The molecule has 0 spiro atoms. The minimum absolute atomic E-state index is 0.0713. The molecule has 2 aromatic carbocycles. The zero-order chi connectivity index (χ0) is 17.0. The summed E-state index contributed by atoms with van der Waals surface area (Å²) in [7, 11) is 3.10. The lowest BCUT2D eigenvalue weighted by molar-refractivity contribution is 0.0940. The molecule has 2 aromatic rings. The molecular formula is C17H17ClFNO3. The van der Waals surface area contributed by atoms with Gasteiger partial charge in [0, 0.05) is 0 Å². The van der Waals surface area contributed by atoms with E-state index >= 15 is 0 Å². The smallest absolute Gasteiger partial charge is 0.253 e. The molecule has 0 fully saturated rings. The summed E-state index contributed by atoms with van der Waals surface area (Å²) in [5, 5.41) is 2.89. The standard InChI is InChI=1S/C17H17ClFNO3/c1-10(11-4-7-15(22-2)16(8-11)23-3)20-17(21)13-6-5-12(19)9-14(13)18/h4-10H,1-3H3,(H,20,21)/t10-/m1/s1. The summed E-state index contributed by atoms with van der Waals surface area (Å²) in [5.41, 5.74) is 1.06. The Morgan fingerprint density at radius 2 is 1.83 bits per heavy atom. The highest BCUT2D eigenvalue weighted by Crippen LogP contribution is 2.30. The maximum atomic E-state index is 13.1. The van der Waals surface area contributed by atoms with Gasteiger partial charge in [0.15, 0.2) is 11.5 Å². The monoisotopic (exact) mass is 337 g/mol. The number of halogens is 2. The zero-order valence-electron chi connectivity index (χ0n) is 13.0. The third kappa shape index (κ3) is 3.93. The summed E-state index contributed by atoms with van der Waals surface area (Å²) in [6, 6.07) is 8.76. The van der Waals surface area contributed by atoms with Crippen LogP contribution in [0, 0.1) is 5.82 Å². The van der Waals surface area contributed by atoms with Gasteiger partial charge in [-0.3, -0.25) is 4.79 Å². The minimum atomic E-state index is -0.487. The van der Waals surface area contributed by atoms with E-state index < -0.39 is 5.82 Å². The molecule has 0 saturated carbocycles. The lowest BCUT2D eigenvalue weighted by Gasteiger charge is -2.17. The van der Waals surface area contributed by atoms with Gasteiger partial charge < -0.3 is 14.8 Å². The Kier molecular flexibility index (Phi) is 5.45. The van der Waals surface area contributed by atoms with E-state index in [0.29, 0.717) is 11.5 Å². The first kappa shape index (κ1) is 17.1. The minimum Gasteiger partial charge on any atom is -0.493 e. The Labute approximate surface area is 139 Å². The van der Waals surface area contributed by atoms with Gasteiger partial charge in [-0.05, 0) is 42.8 Å². The van der Waals surface area contributed by atoms with Crippen LogP contribution in [0.15, 0.2) is 36.4 Å². The van der Waals surface area contributed by atoms with Crippen molar-refractivity contribution in [3.05, 3.63) is 58.4 Å². The van der Waals surface area contributed by atoms with Gasteiger partial charge in [-0.15, -0.1) is 0 Å². The predicted molar refractivity (Wildman–Crippen MR) is 86.8 cm³/mol. The number of nitrogens with one attached hydrogen (secondary N) is 1. The quantitative estimate of drug-likeness (QED) is 0.897. The van der Waals surface area contributed by atoms with Crippen LogP contribution in [0.5, 0.6) is 11.5 Å². The molecule has 1 N–H and O–H groups in total. The van der Waals surface area contributed by atoms with Crippen molar-refractivity contribution in [3.63, 3.8) is 0 Å². The van der Waals surface area contributed by atoms with Gasteiger partial charge in [-0.2, -0.15) is 0 Å². The second-order valence-corrected chi connectivity index (χ2v) is 5.34. The summed E-state index contributed by atoms with van der Waals surface area (Å²) in [5.74, 6) is 0.319. The van der Waals surface area contributed by atoms with Gasteiger partial charge in [0.25, 0.3) is 5.91 Å². The molecule has 23 heavy (non-hydrogen) atoms. The number of amides is 1. The van der Waals surface area contributed by atoms with Crippen molar-refractivity contribution in [1.29, 1.82) is 0 Å². The molecule has 122 valence electrons. The Bertz CT molecular complexity index is 721. The average molecular weight is 338 g/mol. The van der Waals surface area contributed by atoms with Gasteiger partial charge in [0.2, 0.25) is 0 Å². The Morgan fingerprint density at radius 3 is 2.43 bits per heavy atom. The molecular weight excluding hydrogens is 321 g/mol. The van der Waals surface area contributed by atoms with Crippen LogP contribution >= 0.6 is 11.6 Å². The van der Waals surface area contributed by atoms with Gasteiger partial charge in [-0.1, -0.05) is 17.7 Å². The number of ether oxygens (including phenoxy) is 2. The summed E-state index contributed by atoms with van der Waals surface area (Å²) < 4.78 is 23.5. The van der Waals surface area contributed by atoms with E-state index in [0.717, 1.165) is 11.6 Å². The molecule has 0 radical (unpaired) electrons. The molecule has 1 atom stereocenters. The van der Waals surface area contributed by atoms with E-state index in [1.165, 1.54) is 12.1 Å². The molecule has 1 amide bonds. The van der Waals surface area contributed by atoms with Crippen molar-refractivity contribution in [3.8, 4) is 11.5 Å². The Morgan fingerprint density at radius 1 is 1.13 bits per heavy atom. The molecule has 0 aromatic heterocycles. The zero-order valence-corrected chi connectivity index (χ0v) is 13.8. The van der Waals surface area contributed by atoms with E-state index in [4.69, 9.17) is 21.1 Å². The van der Waals surface area contributed by atoms with Crippen molar-refractivity contribution >= 4 is 17.5 Å². The number of rotatable bonds is 5. The van der Waals surface area contributed by atoms with Crippen molar-refractivity contribution in [2.24, 2.45) is 0 Å². The summed E-state index contributed by atoms with van der Waals surface area (Å²) in [6.45, 7) is 1.83. The Hall–Kier alpha value is -2.27. The third-order valence-corrected chi connectivity index (χ3v) is 3.74. The topological polar surface area (TPSA) is 47.6 Å². The van der Waals surface area contributed by atoms with Crippen LogP contribution in [-0.2, 0) is 0 Å². The van der Waals surface area contributed by atoms with Gasteiger partial charge in [0.1, 0.15) is 5.82 Å². The number of benzene rings is 2. The lowest BCUT2D eigenvalue weighted by atomic mass is 10.1. The third-order valence-electron chi connectivity index (χ3n) is 3.43. The second kappa shape index (κ2) is 7.33. The first-order valence-electron chi connectivity index (χ1n) is 6.94. The highest BCUT2D eigenvalue weighted by Gasteiger charge is 2.16. The van der Waals surface area contributed by atoms with Crippen LogP contribution in [0.2, 0.25) is 5.02 Å². The van der Waals surface area contributed by atoms with E-state index in [-0.39, 0.29) is 22.5 Å². The van der Waals surface area contributed by atoms with Crippen molar-refractivity contribution in [2.75, 3.05) is 14.2 Å². The van der Waals surface area contributed by atoms with Crippen LogP contribution in [0.25, 0.3) is 0 Å². The number of hydrogen-bond donors (Lipinski definition) is 1. The van der Waals surface area contributed by atoms with E-state index in [1.54, 1.807) is 26.4 Å². The van der Waals surface area contributed by atoms with Gasteiger partial charge in [-0.25, -0.2) is 4.39 Å². The first-order chi connectivity index (χ1) is 11.0. The number of methoxy groups -OCH3 is 2. The molecule has 0 aliphatic carbocycles. The predicted octanol–water partition coefficient (Wildman–Crippen LogP) is 3.99. The highest BCUT2D eigenvalue weighted by atomic mass is 35.5. The van der Waals surface area contributed by atoms with E-state index in [2.05, 4.69) is 5.32 Å². The normalized spacial score (nSPS) is 11.7. The Balaban J connectivity index is 2.18. The molecule has 0 aliphatic heterocycles. The molecule has 2 rings (SSSR count). The molecule has 0 bridgehead atoms. The SMILES string of the molecule is COc1ccc([C@@H](C)NC(=O)c2ccc(F)cc2Cl)cc1OC. The van der Waals surface area contributed by atoms with Gasteiger partial charge >= 0.3 is 0 Å². The molecule has 0 aliphatic rings. The van der Waals surface area contributed by atoms with Crippen LogP contribution in [0.1, 0.15) is 28.9 Å². The maximum absolute atomic E-state index is 13.1. The summed E-state index contributed by atoms with van der Waals surface area (Å²) >= 11 is 5.90. The summed E-state index contributed by atoms with van der Waals surface area (Å²) in [4.78, 5) is 12.3. The van der Waals surface area contributed by atoms with Crippen molar-refractivity contribution in [2.45, 2.75) is 13.0 Å². The fourth-order valence-electron chi connectivity index (χ4n) is 2.15. The maximum Gasteiger partial charge on any atom is 0.253 e. The first-order valence-corrected chi connectivity index (χ1v) is 7.32. The second-order valence-electron chi connectivity index (χ2n) is 4.93.